The summed E-state index contributed by atoms with van der Waals surface area (Å²) in [5, 5.41) is 1.49. The van der Waals surface area contributed by atoms with Crippen molar-refractivity contribution in [3.8, 4) is 11.1 Å². The fourth-order valence-corrected chi connectivity index (χ4v) is 3.00. The first-order valence-electron chi connectivity index (χ1n) is 5.14. The molecule has 0 unspecified atom stereocenters. The highest BCUT2D eigenvalue weighted by molar-refractivity contribution is 6.42. The van der Waals surface area contributed by atoms with Gasteiger partial charge in [0.1, 0.15) is 0 Å². The van der Waals surface area contributed by atoms with Crippen molar-refractivity contribution in [1.82, 2.24) is 0 Å². The van der Waals surface area contributed by atoms with Gasteiger partial charge in [-0.25, -0.2) is 0 Å². The van der Waals surface area contributed by atoms with Crippen LogP contribution in [0, 0.1) is 0 Å². The van der Waals surface area contributed by atoms with Crippen LogP contribution in [0.4, 0.5) is 0 Å². The van der Waals surface area contributed by atoms with Gasteiger partial charge in [0.05, 0.1) is 20.6 Å². The van der Waals surface area contributed by atoms with E-state index in [2.05, 4.69) is 0 Å². The molecule has 0 atom stereocenters. The van der Waals surface area contributed by atoms with Gasteiger partial charge in [0, 0.05) is 10.6 Å². The second-order valence-corrected chi connectivity index (χ2v) is 5.46. The summed E-state index contributed by atoms with van der Waals surface area (Å²) in [6.07, 6.45) is 0. The van der Waals surface area contributed by atoms with E-state index in [-0.39, 0.29) is 10.6 Å². The maximum absolute atomic E-state index is 11.1. The van der Waals surface area contributed by atoms with E-state index < -0.39 is 5.91 Å². The Morgan fingerprint density at radius 2 is 1.47 bits per heavy atom. The minimum atomic E-state index is -0.593. The summed E-state index contributed by atoms with van der Waals surface area (Å²) < 4.78 is 0. The SMILES string of the molecule is NC(=O)c1ccc(-c2c(Cl)cc(Cl)cc2Cl)cc1Cl. The molecule has 0 radical (unpaired) electrons. The first-order chi connectivity index (χ1) is 8.90. The molecule has 2 aromatic rings. The van der Waals surface area contributed by atoms with Crippen LogP contribution in [0.25, 0.3) is 11.1 Å². The number of rotatable bonds is 2. The molecule has 0 saturated carbocycles. The Morgan fingerprint density at radius 3 is 1.95 bits per heavy atom. The summed E-state index contributed by atoms with van der Waals surface area (Å²) in [6.45, 7) is 0. The van der Waals surface area contributed by atoms with Crippen molar-refractivity contribution in [3.63, 3.8) is 0 Å². The number of carbonyl (C=O) groups is 1. The van der Waals surface area contributed by atoms with E-state index in [0.29, 0.717) is 26.2 Å². The molecule has 0 bridgehead atoms. The van der Waals surface area contributed by atoms with E-state index in [1.54, 1.807) is 24.3 Å². The molecule has 0 spiro atoms. The van der Waals surface area contributed by atoms with Gasteiger partial charge in [-0.3, -0.25) is 4.79 Å². The van der Waals surface area contributed by atoms with E-state index in [9.17, 15) is 4.79 Å². The average Bonchev–Trinajstić information content (AvgIpc) is 2.26. The number of primary amides is 1. The van der Waals surface area contributed by atoms with Crippen LogP contribution in [0.15, 0.2) is 30.3 Å². The van der Waals surface area contributed by atoms with Gasteiger partial charge >= 0.3 is 0 Å². The molecule has 0 heterocycles. The molecule has 0 fully saturated rings. The summed E-state index contributed by atoms with van der Waals surface area (Å²) in [6, 6.07) is 7.96. The molecule has 0 saturated heterocycles. The van der Waals surface area contributed by atoms with E-state index in [0.717, 1.165) is 0 Å². The van der Waals surface area contributed by atoms with E-state index in [1.807, 2.05) is 0 Å². The topological polar surface area (TPSA) is 43.1 Å². The summed E-state index contributed by atoms with van der Waals surface area (Å²) in [4.78, 5) is 11.1. The second-order valence-electron chi connectivity index (χ2n) is 3.80. The third-order valence-corrected chi connectivity index (χ3v) is 3.66. The molecule has 0 aliphatic carbocycles. The van der Waals surface area contributed by atoms with Gasteiger partial charge in [0.25, 0.3) is 0 Å². The normalized spacial score (nSPS) is 10.5. The highest BCUT2D eigenvalue weighted by atomic mass is 35.5. The van der Waals surface area contributed by atoms with Crippen molar-refractivity contribution in [2.24, 2.45) is 5.73 Å². The van der Waals surface area contributed by atoms with Crippen LogP contribution in [0.3, 0.4) is 0 Å². The molecule has 2 nitrogen and oxygen atoms in total. The number of carbonyl (C=O) groups excluding carboxylic acids is 1. The highest BCUT2D eigenvalue weighted by Crippen LogP contribution is 2.38. The maximum atomic E-state index is 11.1. The zero-order valence-electron chi connectivity index (χ0n) is 9.38. The third-order valence-electron chi connectivity index (χ3n) is 2.53. The molecule has 0 aliphatic rings. The Kier molecular flexibility index (Phi) is 4.26. The van der Waals surface area contributed by atoms with Gasteiger partial charge < -0.3 is 5.73 Å². The van der Waals surface area contributed by atoms with Crippen molar-refractivity contribution in [1.29, 1.82) is 0 Å². The van der Waals surface area contributed by atoms with Crippen molar-refractivity contribution >= 4 is 52.3 Å². The van der Waals surface area contributed by atoms with Crippen molar-refractivity contribution < 1.29 is 4.79 Å². The molecule has 0 aromatic heterocycles. The number of hydrogen-bond acceptors (Lipinski definition) is 1. The monoisotopic (exact) mass is 333 g/mol. The Hall–Kier alpha value is -0.930. The molecule has 0 aliphatic heterocycles. The van der Waals surface area contributed by atoms with Crippen LogP contribution in [-0.2, 0) is 0 Å². The van der Waals surface area contributed by atoms with Gasteiger partial charge in [-0.05, 0) is 29.8 Å². The van der Waals surface area contributed by atoms with Crippen LogP contribution in [-0.4, -0.2) is 5.91 Å². The molecule has 1 amide bonds. The second kappa shape index (κ2) is 5.59. The Labute approximate surface area is 130 Å². The Bertz CT molecular complexity index is 647. The summed E-state index contributed by atoms with van der Waals surface area (Å²) in [7, 11) is 0. The van der Waals surface area contributed by atoms with Crippen molar-refractivity contribution in [2.75, 3.05) is 0 Å². The first kappa shape index (κ1) is 14.5. The largest absolute Gasteiger partial charge is 0.366 e. The van der Waals surface area contributed by atoms with E-state index in [1.165, 1.54) is 6.07 Å². The lowest BCUT2D eigenvalue weighted by atomic mass is 10.0. The van der Waals surface area contributed by atoms with Gasteiger partial charge in [0.15, 0.2) is 0 Å². The van der Waals surface area contributed by atoms with Gasteiger partial charge in [-0.1, -0.05) is 52.5 Å². The number of nitrogens with two attached hydrogens (primary N) is 1. The van der Waals surface area contributed by atoms with Gasteiger partial charge in [-0.15, -0.1) is 0 Å². The smallest absolute Gasteiger partial charge is 0.250 e. The van der Waals surface area contributed by atoms with Crippen LogP contribution in [0.1, 0.15) is 10.4 Å². The van der Waals surface area contributed by atoms with Crippen LogP contribution in [0.2, 0.25) is 20.1 Å². The lowest BCUT2D eigenvalue weighted by Gasteiger charge is -2.09. The molecule has 19 heavy (non-hydrogen) atoms. The fraction of sp³-hybridized carbons (Fsp3) is 0. The minimum absolute atomic E-state index is 0.242. The lowest BCUT2D eigenvalue weighted by Crippen LogP contribution is -2.11. The Morgan fingerprint density at radius 1 is 0.895 bits per heavy atom. The van der Waals surface area contributed by atoms with Crippen LogP contribution in [0.5, 0.6) is 0 Å². The van der Waals surface area contributed by atoms with Crippen molar-refractivity contribution in [3.05, 3.63) is 56.0 Å². The van der Waals surface area contributed by atoms with E-state index >= 15 is 0 Å². The molecule has 2 rings (SSSR count). The predicted octanol–water partition coefficient (Wildman–Crippen LogP) is 5.07. The molecule has 2 N–H and O–H groups in total. The summed E-state index contributed by atoms with van der Waals surface area (Å²) in [5.41, 5.74) is 6.72. The van der Waals surface area contributed by atoms with Crippen LogP contribution < -0.4 is 5.73 Å². The standard InChI is InChI=1S/C13H7Cl4NO/c14-7-4-10(16)12(11(17)5-7)6-1-2-8(13(18)19)9(15)3-6/h1-5H,(H2,18,19). The first-order valence-corrected chi connectivity index (χ1v) is 6.65. The molecular formula is C13H7Cl4NO. The minimum Gasteiger partial charge on any atom is -0.366 e. The zero-order chi connectivity index (χ0) is 14.2. The van der Waals surface area contributed by atoms with E-state index in [4.69, 9.17) is 52.1 Å². The maximum Gasteiger partial charge on any atom is 0.250 e. The molecular weight excluding hydrogens is 328 g/mol. The molecule has 6 heteroatoms. The quantitative estimate of drug-likeness (QED) is 0.818. The Balaban J connectivity index is 2.61. The predicted molar refractivity (Wildman–Crippen MR) is 80.4 cm³/mol. The highest BCUT2D eigenvalue weighted by Gasteiger charge is 2.13. The third kappa shape index (κ3) is 2.98. The molecule has 2 aromatic carbocycles. The average molecular weight is 335 g/mol. The van der Waals surface area contributed by atoms with Gasteiger partial charge in [0.2, 0.25) is 5.91 Å². The molecule has 98 valence electrons. The number of halogens is 4. The summed E-state index contributed by atoms with van der Waals surface area (Å²) in [5.74, 6) is -0.593. The lowest BCUT2D eigenvalue weighted by molar-refractivity contribution is 0.100. The zero-order valence-corrected chi connectivity index (χ0v) is 12.4. The number of amides is 1. The van der Waals surface area contributed by atoms with Crippen molar-refractivity contribution in [2.45, 2.75) is 0 Å². The number of benzene rings is 2. The number of hydrogen-bond donors (Lipinski definition) is 1. The van der Waals surface area contributed by atoms with Crippen LogP contribution >= 0.6 is 46.4 Å². The fourth-order valence-electron chi connectivity index (χ4n) is 1.69. The van der Waals surface area contributed by atoms with Gasteiger partial charge in [-0.2, -0.15) is 0 Å². The summed E-state index contributed by atoms with van der Waals surface area (Å²) >= 11 is 24.1.